The Hall–Kier alpha value is -3.93. The highest BCUT2D eigenvalue weighted by atomic mass is 16.2. The van der Waals surface area contributed by atoms with E-state index in [0.717, 1.165) is 41.0 Å². The lowest BCUT2D eigenvalue weighted by molar-refractivity contribution is 0.0922. The van der Waals surface area contributed by atoms with Gasteiger partial charge in [0.2, 0.25) is 0 Å². The summed E-state index contributed by atoms with van der Waals surface area (Å²) in [5, 5.41) is 6.06. The number of anilines is 1. The molecule has 1 fully saturated rings. The zero-order valence-corrected chi connectivity index (χ0v) is 19.2. The largest absolute Gasteiger partial charge is 0.349 e. The minimum atomic E-state index is -0.162. The fourth-order valence-electron chi connectivity index (χ4n) is 4.46. The Morgan fingerprint density at radius 2 is 1.56 bits per heavy atom. The number of hydrogen-bond acceptors (Lipinski definition) is 3. The van der Waals surface area contributed by atoms with Crippen LogP contribution in [0.1, 0.15) is 53.3 Å². The number of imidazole rings is 1. The first-order valence-electron chi connectivity index (χ1n) is 11.8. The van der Waals surface area contributed by atoms with Crippen molar-refractivity contribution in [1.82, 2.24) is 15.3 Å². The van der Waals surface area contributed by atoms with Crippen LogP contribution >= 0.6 is 0 Å². The van der Waals surface area contributed by atoms with Crippen LogP contribution < -0.4 is 10.6 Å². The summed E-state index contributed by atoms with van der Waals surface area (Å²) in [4.78, 5) is 33.2. The van der Waals surface area contributed by atoms with Crippen LogP contribution in [-0.4, -0.2) is 27.8 Å². The Morgan fingerprint density at radius 1 is 0.853 bits per heavy atom. The molecule has 0 atom stereocenters. The van der Waals surface area contributed by atoms with Gasteiger partial charge < -0.3 is 15.6 Å². The highest BCUT2D eigenvalue weighted by Crippen LogP contribution is 2.25. The summed E-state index contributed by atoms with van der Waals surface area (Å²) in [5.41, 5.74) is 4.42. The van der Waals surface area contributed by atoms with Crippen LogP contribution in [0.15, 0.2) is 72.8 Å². The summed E-state index contributed by atoms with van der Waals surface area (Å²) in [7, 11) is 0. The van der Waals surface area contributed by atoms with Gasteiger partial charge >= 0.3 is 0 Å². The van der Waals surface area contributed by atoms with E-state index in [1.165, 1.54) is 12.8 Å². The second kappa shape index (κ2) is 9.51. The number of para-hydroxylation sites is 1. The van der Waals surface area contributed by atoms with Crippen LogP contribution in [0.5, 0.6) is 0 Å². The topological polar surface area (TPSA) is 86.9 Å². The molecule has 3 N–H and O–H groups in total. The maximum atomic E-state index is 12.8. The maximum absolute atomic E-state index is 12.8. The van der Waals surface area contributed by atoms with E-state index in [2.05, 4.69) is 27.5 Å². The summed E-state index contributed by atoms with van der Waals surface area (Å²) in [6, 6.07) is 22.5. The first-order chi connectivity index (χ1) is 16.5. The van der Waals surface area contributed by atoms with Gasteiger partial charge in [0, 0.05) is 28.4 Å². The van der Waals surface area contributed by atoms with Crippen LogP contribution in [0.4, 0.5) is 5.69 Å². The molecule has 172 valence electrons. The molecule has 1 saturated carbocycles. The highest BCUT2D eigenvalue weighted by Gasteiger charge is 2.20. The van der Waals surface area contributed by atoms with Crippen LogP contribution in [0.3, 0.4) is 0 Å². The van der Waals surface area contributed by atoms with Gasteiger partial charge in [-0.05, 0) is 74.1 Å². The molecule has 0 radical (unpaired) electrons. The Balaban J connectivity index is 1.28. The molecule has 0 bridgehead atoms. The van der Waals surface area contributed by atoms with Crippen molar-refractivity contribution in [3.05, 3.63) is 83.9 Å². The van der Waals surface area contributed by atoms with E-state index in [1.54, 1.807) is 12.1 Å². The quantitative estimate of drug-likeness (QED) is 0.358. The lowest BCUT2D eigenvalue weighted by Gasteiger charge is -2.26. The number of carbonyl (C=O) groups excluding carboxylic acids is 2. The molecule has 1 aliphatic rings. The SMILES string of the molecule is CC1CCC(NC(=O)c2ccc3[nH]c(-c4ccc(C(=O)Nc5ccccc5)cc4)nc3c2)CC1. The van der Waals surface area contributed by atoms with Crippen molar-refractivity contribution in [2.75, 3.05) is 5.32 Å². The van der Waals surface area contributed by atoms with Gasteiger partial charge in [-0.15, -0.1) is 0 Å². The standard InChI is InChI=1S/C28H28N4O2/c1-18-7-14-23(15-8-18)30-28(34)21-13-16-24-25(17-21)32-26(31-24)19-9-11-20(12-10-19)27(33)29-22-5-3-2-4-6-22/h2-6,9-13,16-18,23H,7-8,14-15H2,1H3,(H,29,33)(H,30,34)(H,31,32). The van der Waals surface area contributed by atoms with Crippen molar-refractivity contribution in [3.8, 4) is 11.4 Å². The molecule has 5 rings (SSSR count). The fourth-order valence-corrected chi connectivity index (χ4v) is 4.46. The number of benzene rings is 3. The number of nitrogens with zero attached hydrogens (tertiary/aromatic N) is 1. The zero-order chi connectivity index (χ0) is 23.5. The Morgan fingerprint density at radius 3 is 2.29 bits per heavy atom. The Labute approximate surface area is 198 Å². The third-order valence-electron chi connectivity index (χ3n) is 6.55. The minimum Gasteiger partial charge on any atom is -0.349 e. The van der Waals surface area contributed by atoms with Crippen LogP contribution in [-0.2, 0) is 0 Å². The predicted molar refractivity (Wildman–Crippen MR) is 135 cm³/mol. The van der Waals surface area contributed by atoms with Gasteiger partial charge in [-0.3, -0.25) is 9.59 Å². The highest BCUT2D eigenvalue weighted by molar-refractivity contribution is 6.04. The lowest BCUT2D eigenvalue weighted by Crippen LogP contribution is -2.37. The number of nitrogens with one attached hydrogen (secondary N) is 3. The van der Waals surface area contributed by atoms with Crippen LogP contribution in [0.25, 0.3) is 22.4 Å². The molecule has 3 aromatic carbocycles. The van der Waals surface area contributed by atoms with Gasteiger partial charge in [0.1, 0.15) is 5.82 Å². The number of rotatable bonds is 5. The summed E-state index contributed by atoms with van der Waals surface area (Å²) >= 11 is 0. The number of hydrogen-bond donors (Lipinski definition) is 3. The molecular formula is C28H28N4O2. The predicted octanol–water partition coefficient (Wildman–Crippen LogP) is 5.79. The Kier molecular flexibility index (Phi) is 6.12. The lowest BCUT2D eigenvalue weighted by atomic mass is 9.87. The summed E-state index contributed by atoms with van der Waals surface area (Å²) in [6.45, 7) is 2.27. The van der Waals surface area contributed by atoms with E-state index in [9.17, 15) is 9.59 Å². The van der Waals surface area contributed by atoms with Gasteiger partial charge in [0.25, 0.3) is 11.8 Å². The van der Waals surface area contributed by atoms with E-state index < -0.39 is 0 Å². The molecule has 1 aromatic heterocycles. The second-order valence-electron chi connectivity index (χ2n) is 9.15. The van der Waals surface area contributed by atoms with E-state index in [1.807, 2.05) is 60.7 Å². The number of aromatic amines is 1. The number of carbonyl (C=O) groups is 2. The van der Waals surface area contributed by atoms with Gasteiger partial charge in [0.15, 0.2) is 0 Å². The maximum Gasteiger partial charge on any atom is 0.255 e. The molecule has 34 heavy (non-hydrogen) atoms. The number of aromatic nitrogens is 2. The normalized spacial score (nSPS) is 17.9. The van der Waals surface area contributed by atoms with Gasteiger partial charge in [0.05, 0.1) is 11.0 Å². The first kappa shape index (κ1) is 21.9. The zero-order valence-electron chi connectivity index (χ0n) is 19.2. The van der Waals surface area contributed by atoms with Crippen molar-refractivity contribution in [2.24, 2.45) is 5.92 Å². The monoisotopic (exact) mass is 452 g/mol. The second-order valence-corrected chi connectivity index (χ2v) is 9.15. The van der Waals surface area contributed by atoms with Crippen molar-refractivity contribution in [1.29, 1.82) is 0 Å². The molecule has 0 spiro atoms. The number of amides is 2. The third kappa shape index (κ3) is 4.86. The number of H-pyrrole nitrogens is 1. The molecule has 0 aliphatic heterocycles. The molecule has 2 amide bonds. The van der Waals surface area contributed by atoms with Crippen LogP contribution in [0, 0.1) is 5.92 Å². The van der Waals surface area contributed by atoms with Crippen LogP contribution in [0.2, 0.25) is 0 Å². The molecule has 6 heteroatoms. The summed E-state index contributed by atoms with van der Waals surface area (Å²) in [5.74, 6) is 1.24. The average Bonchev–Trinajstić information content (AvgIpc) is 3.30. The van der Waals surface area contributed by atoms with E-state index in [0.29, 0.717) is 17.0 Å². The minimum absolute atomic E-state index is 0.0419. The molecule has 0 saturated heterocycles. The first-order valence-corrected chi connectivity index (χ1v) is 11.8. The molecular weight excluding hydrogens is 424 g/mol. The Bertz CT molecular complexity index is 1300. The van der Waals surface area contributed by atoms with E-state index in [-0.39, 0.29) is 17.9 Å². The summed E-state index contributed by atoms with van der Waals surface area (Å²) < 4.78 is 0. The van der Waals surface area contributed by atoms with Crippen molar-refractivity contribution < 1.29 is 9.59 Å². The van der Waals surface area contributed by atoms with Gasteiger partial charge in [-0.25, -0.2) is 4.98 Å². The molecule has 0 unspecified atom stereocenters. The molecule has 4 aromatic rings. The molecule has 1 heterocycles. The smallest absolute Gasteiger partial charge is 0.255 e. The van der Waals surface area contributed by atoms with Gasteiger partial charge in [-0.1, -0.05) is 37.3 Å². The van der Waals surface area contributed by atoms with Crippen molar-refractivity contribution in [3.63, 3.8) is 0 Å². The van der Waals surface area contributed by atoms with E-state index in [4.69, 9.17) is 0 Å². The fraction of sp³-hybridized carbons (Fsp3) is 0.250. The molecule has 6 nitrogen and oxygen atoms in total. The summed E-state index contributed by atoms with van der Waals surface area (Å²) in [6.07, 6.45) is 4.42. The third-order valence-corrected chi connectivity index (χ3v) is 6.55. The van der Waals surface area contributed by atoms with Crippen molar-refractivity contribution in [2.45, 2.75) is 38.6 Å². The van der Waals surface area contributed by atoms with Crippen molar-refractivity contribution >= 4 is 28.5 Å². The molecule has 1 aliphatic carbocycles. The van der Waals surface area contributed by atoms with Gasteiger partial charge in [-0.2, -0.15) is 0 Å². The number of fused-ring (bicyclic) bond motifs is 1. The van der Waals surface area contributed by atoms with E-state index >= 15 is 0 Å². The average molecular weight is 453 g/mol.